The fraction of sp³-hybridized carbons (Fsp3) is 0.261. The number of aromatic nitrogens is 3. The van der Waals surface area contributed by atoms with Gasteiger partial charge in [-0.05, 0) is 61.6 Å². The van der Waals surface area contributed by atoms with Crippen molar-refractivity contribution in [1.82, 2.24) is 19.9 Å². The largest absolute Gasteiger partial charge is 0.368 e. The highest BCUT2D eigenvalue weighted by Gasteiger charge is 2.21. The van der Waals surface area contributed by atoms with Crippen LogP contribution in [-0.2, 0) is 25.9 Å². The molecule has 2 aromatic heterocycles. The van der Waals surface area contributed by atoms with Crippen LogP contribution in [0.25, 0.3) is 21.8 Å². The van der Waals surface area contributed by atoms with Crippen LogP contribution in [0.15, 0.2) is 42.6 Å². The van der Waals surface area contributed by atoms with Crippen molar-refractivity contribution in [2.45, 2.75) is 39.3 Å². The van der Waals surface area contributed by atoms with Crippen LogP contribution in [0.3, 0.4) is 0 Å². The molecule has 2 heterocycles. The molecule has 1 aliphatic rings. The number of amides is 1. The van der Waals surface area contributed by atoms with Crippen LogP contribution in [0.2, 0.25) is 0 Å². The van der Waals surface area contributed by atoms with E-state index >= 15 is 0 Å². The van der Waals surface area contributed by atoms with E-state index in [0.717, 1.165) is 35.9 Å². The minimum absolute atomic E-state index is 0.0646. The molecule has 6 nitrogen and oxygen atoms in total. The van der Waals surface area contributed by atoms with Gasteiger partial charge in [-0.1, -0.05) is 12.1 Å². The number of benzene rings is 2. The third-order valence-corrected chi connectivity index (χ3v) is 5.82. The van der Waals surface area contributed by atoms with Crippen LogP contribution < -0.4 is 11.1 Å². The Kier molecular flexibility index (Phi) is 4.19. The second-order valence-corrected chi connectivity index (χ2v) is 7.56. The standard InChI is InChI=1S/C23H23N5O/c1-2-28-20-5-3-4-17(20)18-11-15(8-9-21(18)28)22(29)25-12-14-6-7-16-13-26-23(24)27-19(16)10-14/h6-11,13H,2-5,12H2,1H3,(H,25,29)(H2,24,26,27). The number of fused-ring (bicyclic) bond motifs is 4. The molecule has 2 aromatic carbocycles. The Bertz CT molecular complexity index is 1260. The Balaban J connectivity index is 1.39. The van der Waals surface area contributed by atoms with Gasteiger partial charge in [0.1, 0.15) is 0 Å². The number of nitrogens with zero attached hydrogens (tertiary/aromatic N) is 3. The minimum atomic E-state index is -0.0646. The van der Waals surface area contributed by atoms with E-state index in [1.54, 1.807) is 6.20 Å². The third-order valence-electron chi connectivity index (χ3n) is 5.82. The molecule has 1 aliphatic carbocycles. The average molecular weight is 385 g/mol. The van der Waals surface area contributed by atoms with Crippen LogP contribution in [0.5, 0.6) is 0 Å². The molecule has 0 unspecified atom stereocenters. The van der Waals surface area contributed by atoms with Gasteiger partial charge in [0.15, 0.2) is 0 Å². The molecule has 0 atom stereocenters. The first kappa shape index (κ1) is 17.7. The predicted molar refractivity (Wildman–Crippen MR) is 115 cm³/mol. The Hall–Kier alpha value is -3.41. The van der Waals surface area contributed by atoms with Crippen molar-refractivity contribution in [3.63, 3.8) is 0 Å². The van der Waals surface area contributed by atoms with Crippen LogP contribution >= 0.6 is 0 Å². The second kappa shape index (κ2) is 6.88. The summed E-state index contributed by atoms with van der Waals surface area (Å²) in [5, 5.41) is 5.18. The maximum atomic E-state index is 12.8. The van der Waals surface area contributed by atoms with E-state index in [0.29, 0.717) is 12.1 Å². The summed E-state index contributed by atoms with van der Waals surface area (Å²) in [4.78, 5) is 21.0. The SMILES string of the molecule is CCn1c2c(c3cc(C(=O)NCc4ccc5cnc(N)nc5c4)ccc31)CCC2. The molecular formula is C23H23N5O. The summed E-state index contributed by atoms with van der Waals surface area (Å²) >= 11 is 0. The number of hydrogen-bond donors (Lipinski definition) is 2. The van der Waals surface area contributed by atoms with Crippen molar-refractivity contribution in [2.24, 2.45) is 0 Å². The summed E-state index contributed by atoms with van der Waals surface area (Å²) in [6.45, 7) is 3.58. The maximum absolute atomic E-state index is 12.8. The molecule has 4 aromatic rings. The Labute approximate surface area is 168 Å². The molecule has 146 valence electrons. The molecule has 0 aliphatic heterocycles. The van der Waals surface area contributed by atoms with Gasteiger partial charge in [-0.2, -0.15) is 0 Å². The van der Waals surface area contributed by atoms with E-state index in [4.69, 9.17) is 5.73 Å². The summed E-state index contributed by atoms with van der Waals surface area (Å²) in [6, 6.07) is 11.9. The normalized spacial score (nSPS) is 13.1. The van der Waals surface area contributed by atoms with Crippen LogP contribution in [0.1, 0.15) is 40.5 Å². The maximum Gasteiger partial charge on any atom is 0.251 e. The summed E-state index contributed by atoms with van der Waals surface area (Å²) in [5.41, 5.74) is 12.2. The van der Waals surface area contributed by atoms with Crippen LogP contribution in [-0.4, -0.2) is 20.4 Å². The average Bonchev–Trinajstić information content (AvgIpc) is 3.32. The summed E-state index contributed by atoms with van der Waals surface area (Å²) in [6.07, 6.45) is 5.14. The second-order valence-electron chi connectivity index (χ2n) is 7.56. The zero-order chi connectivity index (χ0) is 20.0. The van der Waals surface area contributed by atoms with E-state index in [9.17, 15) is 4.79 Å². The first-order valence-electron chi connectivity index (χ1n) is 10.1. The molecule has 0 saturated heterocycles. The van der Waals surface area contributed by atoms with Crippen molar-refractivity contribution in [3.8, 4) is 0 Å². The minimum Gasteiger partial charge on any atom is -0.368 e. The van der Waals surface area contributed by atoms with Crippen molar-refractivity contribution >= 4 is 33.7 Å². The number of hydrogen-bond acceptors (Lipinski definition) is 4. The molecule has 29 heavy (non-hydrogen) atoms. The van der Waals surface area contributed by atoms with Crippen LogP contribution in [0, 0.1) is 0 Å². The fourth-order valence-corrected chi connectivity index (χ4v) is 4.45. The van der Waals surface area contributed by atoms with Crippen molar-refractivity contribution in [2.75, 3.05) is 5.73 Å². The monoisotopic (exact) mass is 385 g/mol. The highest BCUT2D eigenvalue weighted by molar-refractivity contribution is 5.99. The molecule has 0 saturated carbocycles. The van der Waals surface area contributed by atoms with Gasteiger partial charge in [0.2, 0.25) is 5.95 Å². The highest BCUT2D eigenvalue weighted by Crippen LogP contribution is 2.33. The van der Waals surface area contributed by atoms with E-state index in [1.165, 1.54) is 28.6 Å². The molecule has 3 N–H and O–H groups in total. The third kappa shape index (κ3) is 3.01. The van der Waals surface area contributed by atoms with E-state index in [-0.39, 0.29) is 11.9 Å². The molecular weight excluding hydrogens is 362 g/mol. The number of nitrogens with one attached hydrogen (secondary N) is 1. The van der Waals surface area contributed by atoms with Crippen molar-refractivity contribution in [3.05, 3.63) is 65.0 Å². The summed E-state index contributed by atoms with van der Waals surface area (Å²) in [5.74, 6) is 0.184. The zero-order valence-electron chi connectivity index (χ0n) is 16.4. The van der Waals surface area contributed by atoms with Gasteiger partial charge in [-0.3, -0.25) is 4.79 Å². The molecule has 0 radical (unpaired) electrons. The van der Waals surface area contributed by atoms with Crippen molar-refractivity contribution < 1.29 is 4.79 Å². The predicted octanol–water partition coefficient (Wildman–Crippen LogP) is 3.61. The van der Waals surface area contributed by atoms with E-state index in [1.807, 2.05) is 24.3 Å². The number of rotatable bonds is 4. The van der Waals surface area contributed by atoms with Gasteiger partial charge in [0.05, 0.1) is 5.52 Å². The van der Waals surface area contributed by atoms with Gasteiger partial charge in [-0.25, -0.2) is 9.97 Å². The molecule has 5 rings (SSSR count). The lowest BCUT2D eigenvalue weighted by Crippen LogP contribution is -2.22. The first-order valence-corrected chi connectivity index (χ1v) is 10.1. The van der Waals surface area contributed by atoms with Crippen molar-refractivity contribution in [1.29, 1.82) is 0 Å². The molecule has 0 spiro atoms. The summed E-state index contributed by atoms with van der Waals surface area (Å²) in [7, 11) is 0. The smallest absolute Gasteiger partial charge is 0.251 e. The number of carbonyl (C=O) groups is 1. The fourth-order valence-electron chi connectivity index (χ4n) is 4.45. The van der Waals surface area contributed by atoms with E-state index in [2.05, 4.69) is 38.9 Å². The van der Waals surface area contributed by atoms with Gasteiger partial charge in [-0.15, -0.1) is 0 Å². The van der Waals surface area contributed by atoms with Crippen LogP contribution in [0.4, 0.5) is 5.95 Å². The van der Waals surface area contributed by atoms with Gasteiger partial charge >= 0.3 is 0 Å². The Morgan fingerprint density at radius 3 is 2.97 bits per heavy atom. The van der Waals surface area contributed by atoms with E-state index < -0.39 is 0 Å². The Morgan fingerprint density at radius 2 is 2.10 bits per heavy atom. The summed E-state index contributed by atoms with van der Waals surface area (Å²) < 4.78 is 2.39. The lowest BCUT2D eigenvalue weighted by Gasteiger charge is -2.08. The van der Waals surface area contributed by atoms with Gasteiger partial charge < -0.3 is 15.6 Å². The highest BCUT2D eigenvalue weighted by atomic mass is 16.1. The number of aryl methyl sites for hydroxylation is 2. The molecule has 1 amide bonds. The Morgan fingerprint density at radius 1 is 1.21 bits per heavy atom. The topological polar surface area (TPSA) is 85.8 Å². The lowest BCUT2D eigenvalue weighted by atomic mass is 10.1. The molecule has 0 bridgehead atoms. The number of nitrogens with two attached hydrogens (primary N) is 1. The molecule has 6 heteroatoms. The first-order chi connectivity index (χ1) is 14.1. The molecule has 0 fully saturated rings. The number of anilines is 1. The lowest BCUT2D eigenvalue weighted by molar-refractivity contribution is 0.0951. The quantitative estimate of drug-likeness (QED) is 0.562. The zero-order valence-corrected chi connectivity index (χ0v) is 16.4. The number of carbonyl (C=O) groups excluding carboxylic acids is 1. The van der Waals surface area contributed by atoms with Gasteiger partial charge in [0, 0.05) is 46.8 Å². The van der Waals surface area contributed by atoms with Gasteiger partial charge in [0.25, 0.3) is 5.91 Å². The number of nitrogen functional groups attached to an aromatic ring is 1.